The number of nitrogens with one attached hydrogen (secondary N) is 1. The van der Waals surface area contributed by atoms with Crippen molar-refractivity contribution in [1.82, 2.24) is 10.2 Å². The monoisotopic (exact) mass is 256 g/mol. The number of methoxy groups -OCH3 is 1. The van der Waals surface area contributed by atoms with E-state index in [-0.39, 0.29) is 17.9 Å². The highest BCUT2D eigenvalue weighted by molar-refractivity contribution is 5.73. The van der Waals surface area contributed by atoms with Crippen LogP contribution in [0.1, 0.15) is 33.1 Å². The van der Waals surface area contributed by atoms with Crippen molar-refractivity contribution >= 4 is 11.9 Å². The van der Waals surface area contributed by atoms with Crippen molar-refractivity contribution in [1.29, 1.82) is 0 Å². The first-order valence-corrected chi connectivity index (χ1v) is 6.61. The molecule has 2 unspecified atom stereocenters. The van der Waals surface area contributed by atoms with E-state index >= 15 is 0 Å². The Labute approximate surface area is 109 Å². The van der Waals surface area contributed by atoms with Crippen LogP contribution in [0, 0.1) is 5.92 Å². The van der Waals surface area contributed by atoms with Crippen molar-refractivity contribution in [2.75, 3.05) is 26.7 Å². The lowest BCUT2D eigenvalue weighted by Crippen LogP contribution is -2.50. The van der Waals surface area contributed by atoms with E-state index in [2.05, 4.69) is 21.9 Å². The molecule has 0 bridgehead atoms. The molecule has 5 nitrogen and oxygen atoms in total. The lowest BCUT2D eigenvalue weighted by Gasteiger charge is -2.37. The largest absolute Gasteiger partial charge is 0.469 e. The van der Waals surface area contributed by atoms with Crippen molar-refractivity contribution in [3.8, 4) is 0 Å². The van der Waals surface area contributed by atoms with Gasteiger partial charge in [-0.25, -0.2) is 0 Å². The predicted octanol–water partition coefficient (Wildman–Crippen LogP) is 0.786. The molecule has 104 valence electrons. The van der Waals surface area contributed by atoms with Gasteiger partial charge in [-0.15, -0.1) is 0 Å². The van der Waals surface area contributed by atoms with Crippen molar-refractivity contribution in [2.24, 2.45) is 5.92 Å². The summed E-state index contributed by atoms with van der Waals surface area (Å²) in [5.41, 5.74) is 0. The summed E-state index contributed by atoms with van der Waals surface area (Å²) in [5, 5.41) is 2.98. The first-order chi connectivity index (χ1) is 8.55. The van der Waals surface area contributed by atoms with Gasteiger partial charge in [-0.1, -0.05) is 13.3 Å². The summed E-state index contributed by atoms with van der Waals surface area (Å²) >= 11 is 0. The average Bonchev–Trinajstić information content (AvgIpc) is 2.34. The Morgan fingerprint density at radius 2 is 2.11 bits per heavy atom. The van der Waals surface area contributed by atoms with Gasteiger partial charge in [0.1, 0.15) is 0 Å². The zero-order valence-electron chi connectivity index (χ0n) is 11.6. The summed E-state index contributed by atoms with van der Waals surface area (Å²) in [6.07, 6.45) is 2.55. The van der Waals surface area contributed by atoms with Gasteiger partial charge in [-0.05, 0) is 12.3 Å². The number of hydrogen-bond donors (Lipinski definition) is 1. The molecule has 0 aromatic heterocycles. The number of nitrogens with zero attached hydrogens (tertiary/aromatic N) is 1. The van der Waals surface area contributed by atoms with Crippen LogP contribution in [0.5, 0.6) is 0 Å². The SMILES string of the molecule is CCC1CC(NC(C)=O)CN(CCC(=O)OC)C1. The molecule has 0 saturated carbocycles. The van der Waals surface area contributed by atoms with Crippen molar-refractivity contribution < 1.29 is 14.3 Å². The van der Waals surface area contributed by atoms with E-state index in [1.54, 1.807) is 6.92 Å². The molecule has 1 heterocycles. The molecule has 0 spiro atoms. The second kappa shape index (κ2) is 7.36. The van der Waals surface area contributed by atoms with Crippen molar-refractivity contribution in [3.63, 3.8) is 0 Å². The van der Waals surface area contributed by atoms with Crippen LogP contribution < -0.4 is 5.32 Å². The van der Waals surface area contributed by atoms with Crippen LogP contribution in [0.3, 0.4) is 0 Å². The van der Waals surface area contributed by atoms with Gasteiger partial charge in [0, 0.05) is 32.6 Å². The highest BCUT2D eigenvalue weighted by Crippen LogP contribution is 2.20. The summed E-state index contributed by atoms with van der Waals surface area (Å²) in [6.45, 7) is 6.25. The molecule has 1 aliphatic rings. The number of rotatable bonds is 5. The summed E-state index contributed by atoms with van der Waals surface area (Å²) < 4.78 is 4.65. The Hall–Kier alpha value is -1.10. The number of hydrogen-bond acceptors (Lipinski definition) is 4. The molecular weight excluding hydrogens is 232 g/mol. The number of amides is 1. The minimum atomic E-state index is -0.176. The molecule has 1 fully saturated rings. The van der Waals surface area contributed by atoms with Gasteiger partial charge >= 0.3 is 5.97 Å². The van der Waals surface area contributed by atoms with Crippen LogP contribution in [0.15, 0.2) is 0 Å². The first-order valence-electron chi connectivity index (χ1n) is 6.61. The van der Waals surface area contributed by atoms with Gasteiger partial charge in [-0.3, -0.25) is 9.59 Å². The Balaban J connectivity index is 2.46. The Morgan fingerprint density at radius 3 is 2.67 bits per heavy atom. The Kier molecular flexibility index (Phi) is 6.12. The molecule has 5 heteroatoms. The average molecular weight is 256 g/mol. The standard InChI is InChI=1S/C13H24N2O3/c1-4-11-7-12(14-10(2)16)9-15(8-11)6-5-13(17)18-3/h11-12H,4-9H2,1-3H3,(H,14,16). The van der Waals surface area contributed by atoms with Gasteiger partial charge in [0.2, 0.25) is 5.91 Å². The van der Waals surface area contributed by atoms with Crippen LogP contribution in [0.2, 0.25) is 0 Å². The molecule has 0 aromatic rings. The number of carbonyl (C=O) groups is 2. The van der Waals surface area contributed by atoms with Crippen molar-refractivity contribution in [3.05, 3.63) is 0 Å². The fourth-order valence-corrected chi connectivity index (χ4v) is 2.52. The van der Waals surface area contributed by atoms with Crippen molar-refractivity contribution in [2.45, 2.75) is 39.2 Å². The predicted molar refractivity (Wildman–Crippen MR) is 69.1 cm³/mol. The molecule has 2 atom stereocenters. The van der Waals surface area contributed by atoms with Gasteiger partial charge in [-0.2, -0.15) is 0 Å². The third-order valence-corrected chi connectivity index (χ3v) is 3.46. The molecule has 1 amide bonds. The van der Waals surface area contributed by atoms with Gasteiger partial charge < -0.3 is 15.0 Å². The molecule has 0 aliphatic carbocycles. The smallest absolute Gasteiger partial charge is 0.306 e. The molecule has 0 aromatic carbocycles. The van der Waals surface area contributed by atoms with Crippen LogP contribution in [0.4, 0.5) is 0 Å². The number of piperidine rings is 1. The van der Waals surface area contributed by atoms with Gasteiger partial charge in [0.15, 0.2) is 0 Å². The number of esters is 1. The summed E-state index contributed by atoms with van der Waals surface area (Å²) in [7, 11) is 1.41. The fourth-order valence-electron chi connectivity index (χ4n) is 2.52. The maximum atomic E-state index is 11.1. The summed E-state index contributed by atoms with van der Waals surface area (Å²) in [5.74, 6) is 0.433. The normalized spacial score (nSPS) is 24.6. The van der Waals surface area contributed by atoms with Crippen LogP contribution >= 0.6 is 0 Å². The molecule has 0 radical (unpaired) electrons. The number of ether oxygens (including phenoxy) is 1. The molecule has 1 aliphatic heterocycles. The number of likely N-dealkylation sites (tertiary alicyclic amines) is 1. The summed E-state index contributed by atoms with van der Waals surface area (Å²) in [6, 6.07) is 0.207. The zero-order valence-corrected chi connectivity index (χ0v) is 11.6. The summed E-state index contributed by atoms with van der Waals surface area (Å²) in [4.78, 5) is 24.5. The molecule has 1 rings (SSSR count). The molecule has 1 saturated heterocycles. The second-order valence-electron chi connectivity index (χ2n) is 4.99. The first kappa shape index (κ1) is 15.0. The molecule has 1 N–H and O–H groups in total. The number of carbonyl (C=O) groups excluding carboxylic acids is 2. The quantitative estimate of drug-likeness (QED) is 0.739. The van der Waals surface area contributed by atoms with E-state index in [0.717, 1.165) is 25.9 Å². The van der Waals surface area contributed by atoms with Gasteiger partial charge in [0.25, 0.3) is 0 Å². The van der Waals surface area contributed by atoms with E-state index in [1.165, 1.54) is 7.11 Å². The third kappa shape index (κ3) is 5.04. The minimum Gasteiger partial charge on any atom is -0.469 e. The third-order valence-electron chi connectivity index (χ3n) is 3.46. The van der Waals surface area contributed by atoms with Crippen LogP contribution in [0.25, 0.3) is 0 Å². The van der Waals surface area contributed by atoms with E-state index in [0.29, 0.717) is 18.9 Å². The topological polar surface area (TPSA) is 58.6 Å². The Bertz CT molecular complexity index is 294. The van der Waals surface area contributed by atoms with E-state index in [1.807, 2.05) is 0 Å². The lowest BCUT2D eigenvalue weighted by atomic mass is 9.92. The van der Waals surface area contributed by atoms with Crippen LogP contribution in [-0.4, -0.2) is 49.6 Å². The van der Waals surface area contributed by atoms with E-state index in [4.69, 9.17) is 0 Å². The lowest BCUT2D eigenvalue weighted by molar-refractivity contribution is -0.141. The maximum Gasteiger partial charge on any atom is 0.306 e. The van der Waals surface area contributed by atoms with E-state index < -0.39 is 0 Å². The second-order valence-corrected chi connectivity index (χ2v) is 4.99. The highest BCUT2D eigenvalue weighted by atomic mass is 16.5. The van der Waals surface area contributed by atoms with Gasteiger partial charge in [0.05, 0.1) is 13.5 Å². The fraction of sp³-hybridized carbons (Fsp3) is 0.846. The molecule has 18 heavy (non-hydrogen) atoms. The molecular formula is C13H24N2O3. The minimum absolute atomic E-state index is 0.0182. The van der Waals surface area contributed by atoms with E-state index in [9.17, 15) is 9.59 Å². The highest BCUT2D eigenvalue weighted by Gasteiger charge is 2.26. The maximum absolute atomic E-state index is 11.1. The zero-order chi connectivity index (χ0) is 13.5. The Morgan fingerprint density at radius 1 is 1.39 bits per heavy atom. The van der Waals surface area contributed by atoms with Crippen LogP contribution in [-0.2, 0) is 14.3 Å².